The topological polar surface area (TPSA) is 58.1 Å². The molecule has 1 fully saturated rings. The quantitative estimate of drug-likeness (QED) is 0.881. The zero-order chi connectivity index (χ0) is 10.7. The lowest BCUT2D eigenvalue weighted by Gasteiger charge is -2.20. The van der Waals surface area contributed by atoms with Gasteiger partial charge < -0.3 is 14.8 Å². The highest BCUT2D eigenvalue weighted by Crippen LogP contribution is 2.30. The van der Waals surface area contributed by atoms with Crippen molar-refractivity contribution in [2.45, 2.75) is 25.2 Å². The molecule has 1 aromatic heterocycles. The normalized spacial score (nSPS) is 18.3. The summed E-state index contributed by atoms with van der Waals surface area (Å²) < 4.78 is 6.21. The van der Waals surface area contributed by atoms with E-state index in [2.05, 4.69) is 25.9 Å². The average Bonchev–Trinajstić information content (AvgIpc) is 2.61. The summed E-state index contributed by atoms with van der Waals surface area (Å²) in [6.07, 6.45) is 2.67. The average molecular weight is 275 g/mol. The van der Waals surface area contributed by atoms with Gasteiger partial charge in [0.2, 0.25) is 0 Å². The summed E-state index contributed by atoms with van der Waals surface area (Å²) >= 11 is 3.46. The van der Waals surface area contributed by atoms with Gasteiger partial charge in [-0.05, 0) is 28.8 Å². The predicted molar refractivity (Wildman–Crippen MR) is 59.9 cm³/mol. The number of ether oxygens (including phenoxy) is 1. The molecule has 84 valence electrons. The van der Waals surface area contributed by atoms with Crippen molar-refractivity contribution in [3.63, 3.8) is 0 Å². The molecule has 0 aliphatic carbocycles. The first-order valence-electron chi connectivity index (χ1n) is 5.24. The van der Waals surface area contributed by atoms with Crippen LogP contribution in [0.5, 0.6) is 0 Å². The number of hydrogen-bond acceptors (Lipinski definition) is 3. The van der Waals surface area contributed by atoms with E-state index < -0.39 is 0 Å². The summed E-state index contributed by atoms with van der Waals surface area (Å²) in [5, 5.41) is 8.83. The van der Waals surface area contributed by atoms with E-state index in [1.807, 2.05) is 0 Å². The number of halogens is 1. The molecule has 0 aromatic carbocycles. The minimum atomic E-state index is 0.132. The lowest BCUT2D eigenvalue weighted by Crippen LogP contribution is -2.14. The van der Waals surface area contributed by atoms with E-state index in [1.54, 1.807) is 0 Å². The van der Waals surface area contributed by atoms with Crippen LogP contribution in [0, 0.1) is 0 Å². The fourth-order valence-corrected chi connectivity index (χ4v) is 2.53. The van der Waals surface area contributed by atoms with Crippen LogP contribution in [-0.4, -0.2) is 34.9 Å². The standard InChI is InChI=1S/C10H15BrN2O2/c11-10-9(7-2-5-15-6-3-7)12-8(13-10)1-4-14/h7,14H,1-6H2,(H,12,13). The van der Waals surface area contributed by atoms with Crippen molar-refractivity contribution in [2.75, 3.05) is 19.8 Å². The van der Waals surface area contributed by atoms with E-state index in [0.29, 0.717) is 12.3 Å². The van der Waals surface area contributed by atoms with Gasteiger partial charge in [0, 0.05) is 25.6 Å². The number of aliphatic hydroxyl groups excluding tert-OH is 1. The lowest BCUT2D eigenvalue weighted by atomic mass is 9.97. The van der Waals surface area contributed by atoms with Crippen molar-refractivity contribution in [3.8, 4) is 0 Å². The van der Waals surface area contributed by atoms with E-state index in [-0.39, 0.29) is 6.61 Å². The van der Waals surface area contributed by atoms with E-state index >= 15 is 0 Å². The van der Waals surface area contributed by atoms with Crippen molar-refractivity contribution < 1.29 is 9.84 Å². The zero-order valence-corrected chi connectivity index (χ0v) is 10.1. The number of rotatable bonds is 3. The Morgan fingerprint density at radius 2 is 2.20 bits per heavy atom. The molecule has 5 heteroatoms. The van der Waals surface area contributed by atoms with Gasteiger partial charge >= 0.3 is 0 Å². The third kappa shape index (κ3) is 2.59. The molecule has 0 amide bonds. The molecule has 4 nitrogen and oxygen atoms in total. The van der Waals surface area contributed by atoms with Crippen LogP contribution in [-0.2, 0) is 11.2 Å². The van der Waals surface area contributed by atoms with E-state index in [0.717, 1.165) is 42.2 Å². The first-order valence-corrected chi connectivity index (χ1v) is 6.03. The molecular weight excluding hydrogens is 260 g/mol. The predicted octanol–water partition coefficient (Wildman–Crippen LogP) is 1.60. The monoisotopic (exact) mass is 274 g/mol. The second-order valence-corrected chi connectivity index (χ2v) is 4.50. The van der Waals surface area contributed by atoms with Crippen LogP contribution < -0.4 is 0 Å². The fraction of sp³-hybridized carbons (Fsp3) is 0.700. The highest BCUT2D eigenvalue weighted by atomic mass is 79.9. The Hall–Kier alpha value is -0.390. The van der Waals surface area contributed by atoms with Gasteiger partial charge in [-0.25, -0.2) is 4.98 Å². The molecule has 15 heavy (non-hydrogen) atoms. The molecule has 0 saturated carbocycles. The largest absolute Gasteiger partial charge is 0.396 e. The first-order chi connectivity index (χ1) is 7.31. The molecule has 1 aliphatic rings. The molecule has 0 unspecified atom stereocenters. The minimum Gasteiger partial charge on any atom is -0.396 e. The third-order valence-electron chi connectivity index (χ3n) is 2.71. The Morgan fingerprint density at radius 3 is 2.87 bits per heavy atom. The molecule has 1 aromatic rings. The maximum atomic E-state index is 8.83. The van der Waals surface area contributed by atoms with Crippen LogP contribution in [0.4, 0.5) is 0 Å². The van der Waals surface area contributed by atoms with Gasteiger partial charge in [-0.15, -0.1) is 0 Å². The Bertz CT molecular complexity index is 321. The number of aromatic amines is 1. The summed E-state index contributed by atoms with van der Waals surface area (Å²) in [7, 11) is 0. The Morgan fingerprint density at radius 1 is 1.47 bits per heavy atom. The van der Waals surface area contributed by atoms with Crippen molar-refractivity contribution in [2.24, 2.45) is 0 Å². The fourth-order valence-electron chi connectivity index (χ4n) is 1.89. The molecule has 1 saturated heterocycles. The number of nitrogens with zero attached hydrogens (tertiary/aromatic N) is 1. The van der Waals surface area contributed by atoms with Crippen LogP contribution in [0.3, 0.4) is 0 Å². The minimum absolute atomic E-state index is 0.132. The van der Waals surface area contributed by atoms with Crippen molar-refractivity contribution in [1.82, 2.24) is 9.97 Å². The summed E-state index contributed by atoms with van der Waals surface area (Å²) in [4.78, 5) is 7.61. The van der Waals surface area contributed by atoms with Crippen molar-refractivity contribution in [3.05, 3.63) is 16.1 Å². The molecule has 0 bridgehead atoms. The molecule has 2 N–H and O–H groups in total. The van der Waals surface area contributed by atoms with E-state index in [4.69, 9.17) is 9.84 Å². The summed E-state index contributed by atoms with van der Waals surface area (Å²) in [6.45, 7) is 1.78. The highest BCUT2D eigenvalue weighted by molar-refractivity contribution is 9.10. The smallest absolute Gasteiger partial charge is 0.127 e. The van der Waals surface area contributed by atoms with Gasteiger partial charge in [0.15, 0.2) is 0 Å². The molecule has 0 spiro atoms. The molecule has 2 rings (SSSR count). The molecule has 0 radical (unpaired) electrons. The van der Waals surface area contributed by atoms with Crippen LogP contribution in [0.25, 0.3) is 0 Å². The van der Waals surface area contributed by atoms with Gasteiger partial charge in [-0.3, -0.25) is 0 Å². The summed E-state index contributed by atoms with van der Waals surface area (Å²) in [5.41, 5.74) is 1.15. The molecule has 1 aliphatic heterocycles. The maximum absolute atomic E-state index is 8.83. The number of imidazole rings is 1. The lowest BCUT2D eigenvalue weighted by molar-refractivity contribution is 0.0844. The number of H-pyrrole nitrogens is 1. The van der Waals surface area contributed by atoms with Crippen LogP contribution in [0.2, 0.25) is 0 Å². The van der Waals surface area contributed by atoms with Gasteiger partial charge in [0.25, 0.3) is 0 Å². The third-order valence-corrected chi connectivity index (χ3v) is 3.32. The molecule has 0 atom stereocenters. The Kier molecular flexibility index (Phi) is 3.77. The summed E-state index contributed by atoms with van der Waals surface area (Å²) in [6, 6.07) is 0. The maximum Gasteiger partial charge on any atom is 0.127 e. The number of hydrogen-bond donors (Lipinski definition) is 2. The van der Waals surface area contributed by atoms with Crippen LogP contribution in [0.1, 0.15) is 30.3 Å². The van der Waals surface area contributed by atoms with E-state index in [1.165, 1.54) is 0 Å². The first kappa shape index (κ1) is 11.1. The van der Waals surface area contributed by atoms with Crippen LogP contribution >= 0.6 is 15.9 Å². The number of aromatic nitrogens is 2. The summed E-state index contributed by atoms with van der Waals surface area (Å²) in [5.74, 6) is 1.36. The van der Waals surface area contributed by atoms with Crippen molar-refractivity contribution in [1.29, 1.82) is 0 Å². The Balaban J connectivity index is 2.11. The second-order valence-electron chi connectivity index (χ2n) is 3.75. The van der Waals surface area contributed by atoms with Crippen molar-refractivity contribution >= 4 is 15.9 Å². The van der Waals surface area contributed by atoms with Gasteiger partial charge in [-0.2, -0.15) is 0 Å². The van der Waals surface area contributed by atoms with Crippen LogP contribution in [0.15, 0.2) is 4.60 Å². The zero-order valence-electron chi connectivity index (χ0n) is 8.50. The van der Waals surface area contributed by atoms with E-state index in [9.17, 15) is 0 Å². The Labute approximate surface area is 97.2 Å². The molecule has 2 heterocycles. The number of aliphatic hydroxyl groups is 1. The van der Waals surface area contributed by atoms with Gasteiger partial charge in [-0.1, -0.05) is 0 Å². The second kappa shape index (κ2) is 5.09. The molecular formula is C10H15BrN2O2. The highest BCUT2D eigenvalue weighted by Gasteiger charge is 2.21. The number of nitrogens with one attached hydrogen (secondary N) is 1. The van der Waals surface area contributed by atoms with Gasteiger partial charge in [0.1, 0.15) is 10.4 Å². The SMILES string of the molecule is OCCc1nc(Br)c(C2CCOCC2)[nH]1. The van der Waals surface area contributed by atoms with Gasteiger partial charge in [0.05, 0.1) is 12.3 Å².